The van der Waals surface area contributed by atoms with Crippen molar-refractivity contribution < 1.29 is 13.6 Å². The average molecular weight is 410 g/mol. The predicted molar refractivity (Wildman–Crippen MR) is 105 cm³/mol. The summed E-state index contributed by atoms with van der Waals surface area (Å²) in [6.07, 6.45) is 7.37. The van der Waals surface area contributed by atoms with Crippen LogP contribution in [-0.2, 0) is 4.79 Å². The Morgan fingerprint density at radius 1 is 1.33 bits per heavy atom. The fourth-order valence-corrected chi connectivity index (χ4v) is 4.27. The van der Waals surface area contributed by atoms with Crippen molar-refractivity contribution in [2.75, 3.05) is 6.54 Å². The number of likely N-dealkylation sites (tertiary alicyclic amines) is 1. The molecule has 0 radical (unpaired) electrons. The summed E-state index contributed by atoms with van der Waals surface area (Å²) in [6, 6.07) is 4.84. The Morgan fingerprint density at radius 3 is 2.93 bits per heavy atom. The maximum atomic E-state index is 14.4. The molecule has 30 heavy (non-hydrogen) atoms. The van der Waals surface area contributed by atoms with E-state index in [9.17, 15) is 18.8 Å². The number of hydrogen-bond donors (Lipinski definition) is 1. The van der Waals surface area contributed by atoms with Gasteiger partial charge in [0.05, 0.1) is 18.3 Å². The molecule has 0 aromatic heterocycles. The number of carbonyl (C=O) groups is 1. The van der Waals surface area contributed by atoms with Crippen LogP contribution in [-0.4, -0.2) is 46.6 Å². The summed E-state index contributed by atoms with van der Waals surface area (Å²) in [5, 5.41) is 18.0. The van der Waals surface area contributed by atoms with Crippen molar-refractivity contribution >= 4 is 18.0 Å². The Morgan fingerprint density at radius 2 is 2.17 bits per heavy atom. The van der Waals surface area contributed by atoms with Crippen molar-refractivity contribution in [1.29, 1.82) is 5.26 Å². The molecule has 3 atom stereocenters. The first-order chi connectivity index (χ1) is 14.5. The average Bonchev–Trinajstić information content (AvgIpc) is 3.24. The van der Waals surface area contributed by atoms with Gasteiger partial charge in [0.15, 0.2) is 6.17 Å². The molecule has 1 aromatic carbocycles. The first kappa shape index (κ1) is 18.7. The lowest BCUT2D eigenvalue weighted by molar-refractivity contribution is -0.124. The lowest BCUT2D eigenvalue weighted by atomic mass is 10.0. The van der Waals surface area contributed by atoms with Gasteiger partial charge >= 0.3 is 0 Å². The van der Waals surface area contributed by atoms with Crippen molar-refractivity contribution in [1.82, 2.24) is 15.2 Å². The van der Waals surface area contributed by atoms with Gasteiger partial charge in [0, 0.05) is 18.3 Å². The van der Waals surface area contributed by atoms with Gasteiger partial charge in [0.1, 0.15) is 28.9 Å². The highest BCUT2D eigenvalue weighted by Crippen LogP contribution is 2.45. The highest BCUT2D eigenvalue weighted by atomic mass is 19.1. The number of fused-ring (bicyclic) bond motifs is 1. The van der Waals surface area contributed by atoms with Gasteiger partial charge in [-0.25, -0.2) is 18.8 Å². The molecule has 154 valence electrons. The molecular formula is C21H20F2N6O. The summed E-state index contributed by atoms with van der Waals surface area (Å²) in [5.41, 5.74) is -0.601. The van der Waals surface area contributed by atoms with Gasteiger partial charge < -0.3 is 10.2 Å². The Bertz CT molecular complexity index is 1020. The van der Waals surface area contributed by atoms with E-state index in [0.717, 1.165) is 18.6 Å². The minimum absolute atomic E-state index is 0.296. The molecule has 3 aliphatic heterocycles. The van der Waals surface area contributed by atoms with Gasteiger partial charge in [-0.05, 0) is 50.0 Å². The van der Waals surface area contributed by atoms with Crippen molar-refractivity contribution in [3.63, 3.8) is 0 Å². The van der Waals surface area contributed by atoms with E-state index in [-0.39, 0.29) is 11.9 Å². The Hall–Kier alpha value is -3.28. The van der Waals surface area contributed by atoms with E-state index < -0.39 is 29.3 Å². The highest BCUT2D eigenvalue weighted by molar-refractivity contribution is 5.95. The zero-order valence-electron chi connectivity index (χ0n) is 16.1. The van der Waals surface area contributed by atoms with E-state index in [2.05, 4.69) is 16.5 Å². The molecule has 1 saturated heterocycles. The van der Waals surface area contributed by atoms with Crippen molar-refractivity contribution in [3.8, 4) is 6.07 Å². The molecule has 1 amide bonds. The van der Waals surface area contributed by atoms with E-state index >= 15 is 0 Å². The number of amides is 1. The monoisotopic (exact) mass is 410 g/mol. The van der Waals surface area contributed by atoms with Gasteiger partial charge in [-0.1, -0.05) is 0 Å². The van der Waals surface area contributed by atoms with Crippen LogP contribution in [0.5, 0.6) is 0 Å². The Kier molecular flexibility index (Phi) is 4.31. The smallest absolute Gasteiger partial charge is 0.241 e. The minimum Gasteiger partial charge on any atom is -0.350 e. The molecule has 4 aliphatic rings. The van der Waals surface area contributed by atoms with E-state index in [4.69, 9.17) is 4.99 Å². The summed E-state index contributed by atoms with van der Waals surface area (Å²) in [6.45, 7) is 0.673. The molecule has 2 fully saturated rings. The molecule has 3 heterocycles. The molecule has 9 heteroatoms. The zero-order chi connectivity index (χ0) is 20.9. The number of nitriles is 1. The quantitative estimate of drug-likeness (QED) is 0.830. The molecule has 0 spiro atoms. The number of benzene rings is 1. The number of hydrogen-bond acceptors (Lipinski definition) is 6. The summed E-state index contributed by atoms with van der Waals surface area (Å²) < 4.78 is 28.1. The number of aliphatic imine (C=N–C) groups is 1. The number of carbonyl (C=O) groups excluding carboxylic acids is 1. The van der Waals surface area contributed by atoms with Crippen LogP contribution in [0.1, 0.15) is 37.3 Å². The van der Waals surface area contributed by atoms with E-state index in [1.54, 1.807) is 23.5 Å². The predicted octanol–water partition coefficient (Wildman–Crippen LogP) is 2.44. The molecule has 1 N–H and O–H groups in total. The fraction of sp³-hybridized carbons (Fsp3) is 0.429. The number of hydrazone groups is 1. The van der Waals surface area contributed by atoms with Crippen LogP contribution in [0.15, 0.2) is 40.6 Å². The van der Waals surface area contributed by atoms with Gasteiger partial charge in [-0.2, -0.15) is 10.4 Å². The van der Waals surface area contributed by atoms with Crippen LogP contribution < -0.4 is 5.32 Å². The number of amidine groups is 1. The van der Waals surface area contributed by atoms with E-state index in [1.165, 1.54) is 6.07 Å². The SMILES string of the molecule is N#CC1(C(=O)NC2C=NN3C=CC(N4CCC[C@@H]4c4cc(F)ccc4F)=NC23)CC1. The first-order valence-corrected chi connectivity index (χ1v) is 10.0. The van der Waals surface area contributed by atoms with Crippen molar-refractivity contribution in [3.05, 3.63) is 47.7 Å². The number of rotatable bonds is 3. The molecule has 0 bridgehead atoms. The van der Waals surface area contributed by atoms with Gasteiger partial charge in [0.25, 0.3) is 0 Å². The lowest BCUT2D eigenvalue weighted by Gasteiger charge is -2.32. The van der Waals surface area contributed by atoms with E-state index in [0.29, 0.717) is 37.2 Å². The molecular weight excluding hydrogens is 390 g/mol. The Balaban J connectivity index is 1.37. The molecule has 1 aliphatic carbocycles. The molecule has 1 aromatic rings. The third kappa shape index (κ3) is 3.03. The normalized spacial score (nSPS) is 28.2. The summed E-state index contributed by atoms with van der Waals surface area (Å²) in [7, 11) is 0. The van der Waals surface area contributed by atoms with Crippen LogP contribution in [0.3, 0.4) is 0 Å². The second-order valence-electron chi connectivity index (χ2n) is 8.07. The second-order valence-corrected chi connectivity index (χ2v) is 8.07. The van der Waals surface area contributed by atoms with Gasteiger partial charge in [-0.3, -0.25) is 4.79 Å². The van der Waals surface area contributed by atoms with Gasteiger partial charge in [0.2, 0.25) is 5.91 Å². The third-order valence-electron chi connectivity index (χ3n) is 6.15. The van der Waals surface area contributed by atoms with Crippen LogP contribution in [0.2, 0.25) is 0 Å². The third-order valence-corrected chi connectivity index (χ3v) is 6.15. The maximum Gasteiger partial charge on any atom is 0.241 e. The summed E-state index contributed by atoms with van der Waals surface area (Å²) in [4.78, 5) is 19.2. The summed E-state index contributed by atoms with van der Waals surface area (Å²) in [5.74, 6) is -0.552. The molecule has 5 rings (SSSR count). The fourth-order valence-electron chi connectivity index (χ4n) is 4.27. The largest absolute Gasteiger partial charge is 0.350 e. The number of halogens is 2. The summed E-state index contributed by atoms with van der Waals surface area (Å²) >= 11 is 0. The standard InChI is InChI=1S/C21H20F2N6O/c22-13-3-4-15(23)14(10-13)17-2-1-8-28(17)18-5-9-29-19(27-18)16(11-25-29)26-20(30)21(12-24)6-7-21/h3-5,9-11,16-17,19H,1-2,6-8H2,(H,26,30)/t16?,17-,19?/m1/s1. The van der Waals surface area contributed by atoms with Crippen LogP contribution >= 0.6 is 0 Å². The topological polar surface area (TPSA) is 84.1 Å². The zero-order valence-corrected chi connectivity index (χ0v) is 16.1. The lowest BCUT2D eigenvalue weighted by Crippen LogP contribution is -2.49. The van der Waals surface area contributed by atoms with Crippen LogP contribution in [0.4, 0.5) is 8.78 Å². The second kappa shape index (κ2) is 6.90. The van der Waals surface area contributed by atoms with E-state index in [1.807, 2.05) is 4.90 Å². The first-order valence-electron chi connectivity index (χ1n) is 10.0. The number of nitrogens with one attached hydrogen (secondary N) is 1. The number of nitrogens with zero attached hydrogens (tertiary/aromatic N) is 5. The van der Waals surface area contributed by atoms with Crippen LogP contribution in [0.25, 0.3) is 0 Å². The molecule has 2 unspecified atom stereocenters. The Labute approximate surface area is 172 Å². The van der Waals surface area contributed by atoms with Crippen molar-refractivity contribution in [2.45, 2.75) is 43.9 Å². The molecule has 7 nitrogen and oxygen atoms in total. The van der Waals surface area contributed by atoms with Crippen molar-refractivity contribution in [2.24, 2.45) is 15.5 Å². The van der Waals surface area contributed by atoms with Crippen LogP contribution in [0, 0.1) is 28.4 Å². The maximum absolute atomic E-state index is 14.4. The van der Waals surface area contributed by atoms with Gasteiger partial charge in [-0.15, -0.1) is 0 Å². The molecule has 1 saturated carbocycles. The minimum atomic E-state index is -0.923. The highest BCUT2D eigenvalue weighted by Gasteiger charge is 2.52.